The van der Waals surface area contributed by atoms with Crippen molar-refractivity contribution in [2.45, 2.75) is 58.7 Å². The Morgan fingerprint density at radius 2 is 1.81 bits per heavy atom. The number of guanidine groups is 1. The maximum atomic E-state index is 12.9. The highest BCUT2D eigenvalue weighted by atomic mass is 16.7. The topological polar surface area (TPSA) is 183 Å². The van der Waals surface area contributed by atoms with Crippen molar-refractivity contribution in [2.24, 2.45) is 16.6 Å². The normalized spacial score (nSPS) is 12.6. The van der Waals surface area contributed by atoms with Crippen LogP contribution in [0.4, 0.5) is 4.79 Å². The predicted molar refractivity (Wildman–Crippen MR) is 117 cm³/mol. The maximum Gasteiger partial charge on any atom is 0.411 e. The Labute approximate surface area is 186 Å². The molecule has 0 fully saturated rings. The number of Topliss-reactive ketones (excluding diaryl/α,β-unsaturated/α-hetero) is 1. The number of carbonyl (C=O) groups is 3. The van der Waals surface area contributed by atoms with Gasteiger partial charge in [-0.2, -0.15) is 0 Å². The van der Waals surface area contributed by atoms with Gasteiger partial charge in [0.1, 0.15) is 16.7 Å². The van der Waals surface area contributed by atoms with Gasteiger partial charge in [0, 0.05) is 18.7 Å². The van der Waals surface area contributed by atoms with Crippen molar-refractivity contribution in [2.75, 3.05) is 6.54 Å². The molecule has 1 aromatic rings. The van der Waals surface area contributed by atoms with Gasteiger partial charge in [0.2, 0.25) is 5.91 Å². The fourth-order valence-electron chi connectivity index (χ4n) is 2.75. The van der Waals surface area contributed by atoms with Crippen molar-refractivity contribution in [1.82, 2.24) is 10.2 Å². The number of ketones is 1. The summed E-state index contributed by atoms with van der Waals surface area (Å²) in [4.78, 5) is 48.1. The molecule has 0 spiro atoms. The lowest BCUT2D eigenvalue weighted by Gasteiger charge is -2.32. The highest BCUT2D eigenvalue weighted by Crippen LogP contribution is 2.18. The van der Waals surface area contributed by atoms with Crippen molar-refractivity contribution in [3.8, 4) is 0 Å². The van der Waals surface area contributed by atoms with Crippen LogP contribution in [-0.2, 0) is 16.1 Å². The SMILES string of the molecule is CC(=O)c1ccc(CN(C(=O)OC(C)(C)C)[C@H](CCCNC(N)=N[N+](=O)[O-])C(N)=O)cc1. The first-order valence-corrected chi connectivity index (χ1v) is 9.91. The lowest BCUT2D eigenvalue weighted by molar-refractivity contribution is -0.485. The van der Waals surface area contributed by atoms with Crippen molar-refractivity contribution in [3.63, 3.8) is 0 Å². The second kappa shape index (κ2) is 11.6. The number of nitro groups is 1. The van der Waals surface area contributed by atoms with Gasteiger partial charge in [0.15, 0.2) is 10.8 Å². The lowest BCUT2D eigenvalue weighted by Crippen LogP contribution is -2.49. The maximum absolute atomic E-state index is 12.9. The quantitative estimate of drug-likeness (QED) is 0.119. The van der Waals surface area contributed by atoms with Crippen LogP contribution in [0.15, 0.2) is 29.4 Å². The van der Waals surface area contributed by atoms with Gasteiger partial charge in [-0.3, -0.25) is 14.5 Å². The number of hydrazone groups is 1. The molecule has 12 nitrogen and oxygen atoms in total. The van der Waals surface area contributed by atoms with Gasteiger partial charge in [-0.25, -0.2) is 14.9 Å². The molecule has 0 aromatic heterocycles. The standard InChI is InChI=1S/C20H30N6O6/c1-13(27)15-9-7-14(8-10-15)12-25(19(29)32-20(2,3)4)16(17(21)28)6-5-11-23-18(22)24-26(30)31/h7-10,16H,5-6,11-12H2,1-4H3,(H2,21,28)(H3,22,23,24)/t16-/m1/s1. The fourth-order valence-corrected chi connectivity index (χ4v) is 2.75. The van der Waals surface area contributed by atoms with E-state index in [1.54, 1.807) is 45.0 Å². The first kappa shape index (κ1) is 26.3. The van der Waals surface area contributed by atoms with Crippen LogP contribution in [0.3, 0.4) is 0 Å². The number of hydrogen-bond acceptors (Lipinski definition) is 6. The van der Waals surface area contributed by atoms with E-state index in [1.165, 1.54) is 11.8 Å². The van der Waals surface area contributed by atoms with Gasteiger partial charge in [-0.05, 0) is 46.1 Å². The third kappa shape index (κ3) is 9.41. The number of nitrogens with two attached hydrogens (primary N) is 2. The third-order valence-corrected chi connectivity index (χ3v) is 4.20. The van der Waals surface area contributed by atoms with E-state index in [0.717, 1.165) is 0 Å². The number of rotatable bonds is 10. The number of carbonyl (C=O) groups excluding carboxylic acids is 3. The molecule has 5 N–H and O–H groups in total. The third-order valence-electron chi connectivity index (χ3n) is 4.20. The molecule has 1 rings (SSSR count). The minimum absolute atomic E-state index is 0.0268. The van der Waals surface area contributed by atoms with E-state index in [-0.39, 0.29) is 31.3 Å². The summed E-state index contributed by atoms with van der Waals surface area (Å²) in [5.41, 5.74) is 11.3. The van der Waals surface area contributed by atoms with Crippen LogP contribution in [0, 0.1) is 10.1 Å². The van der Waals surface area contributed by atoms with Crippen molar-refractivity contribution >= 4 is 23.7 Å². The van der Waals surface area contributed by atoms with Crippen LogP contribution < -0.4 is 16.8 Å². The fraction of sp³-hybridized carbons (Fsp3) is 0.500. The van der Waals surface area contributed by atoms with Gasteiger partial charge in [-0.1, -0.05) is 24.3 Å². The molecule has 0 saturated heterocycles. The zero-order valence-electron chi connectivity index (χ0n) is 18.7. The van der Waals surface area contributed by atoms with E-state index in [0.29, 0.717) is 17.5 Å². The van der Waals surface area contributed by atoms with Gasteiger partial charge in [0.25, 0.3) is 5.96 Å². The van der Waals surface area contributed by atoms with Crippen molar-refractivity contribution in [3.05, 3.63) is 45.5 Å². The summed E-state index contributed by atoms with van der Waals surface area (Å²) in [6.45, 7) is 6.74. The van der Waals surface area contributed by atoms with E-state index >= 15 is 0 Å². The Balaban J connectivity index is 3.01. The van der Waals surface area contributed by atoms with Crippen LogP contribution in [0.25, 0.3) is 0 Å². The Kier molecular flexibility index (Phi) is 9.57. The number of primary amides is 1. The Bertz CT molecular complexity index is 862. The minimum atomic E-state index is -1.01. The molecule has 2 amide bonds. The Hall–Kier alpha value is -3.70. The Morgan fingerprint density at radius 1 is 1.22 bits per heavy atom. The predicted octanol–water partition coefficient (Wildman–Crippen LogP) is 1.36. The van der Waals surface area contributed by atoms with E-state index in [2.05, 4.69) is 10.4 Å². The monoisotopic (exact) mass is 450 g/mol. The van der Waals surface area contributed by atoms with Gasteiger partial charge in [0.05, 0.1) is 0 Å². The van der Waals surface area contributed by atoms with E-state index < -0.39 is 28.7 Å². The molecule has 0 aliphatic heterocycles. The molecular weight excluding hydrogens is 420 g/mol. The smallest absolute Gasteiger partial charge is 0.411 e. The van der Waals surface area contributed by atoms with Gasteiger partial charge in [-0.15, -0.1) is 0 Å². The summed E-state index contributed by atoms with van der Waals surface area (Å²) in [5, 5.41) is 14.8. The Morgan fingerprint density at radius 3 is 2.28 bits per heavy atom. The first-order valence-electron chi connectivity index (χ1n) is 9.91. The molecule has 32 heavy (non-hydrogen) atoms. The first-order chi connectivity index (χ1) is 14.8. The molecule has 176 valence electrons. The van der Waals surface area contributed by atoms with Crippen LogP contribution >= 0.6 is 0 Å². The molecule has 0 saturated carbocycles. The lowest BCUT2D eigenvalue weighted by atomic mass is 10.1. The molecular formula is C20H30N6O6. The second-order valence-electron chi connectivity index (χ2n) is 8.07. The molecule has 0 aliphatic carbocycles. The zero-order chi connectivity index (χ0) is 24.5. The van der Waals surface area contributed by atoms with Crippen LogP contribution in [0.2, 0.25) is 0 Å². The molecule has 0 unspecified atom stereocenters. The number of ether oxygens (including phenoxy) is 1. The van der Waals surface area contributed by atoms with Crippen LogP contribution in [-0.4, -0.2) is 51.9 Å². The highest BCUT2D eigenvalue weighted by Gasteiger charge is 2.31. The summed E-state index contributed by atoms with van der Waals surface area (Å²) < 4.78 is 5.45. The number of amides is 2. The highest BCUT2D eigenvalue weighted by molar-refractivity contribution is 5.94. The van der Waals surface area contributed by atoms with E-state index in [1.807, 2.05) is 0 Å². The molecule has 1 atom stereocenters. The molecule has 0 heterocycles. The number of nitrogens with zero attached hydrogens (tertiary/aromatic N) is 3. The van der Waals surface area contributed by atoms with E-state index in [4.69, 9.17) is 16.2 Å². The summed E-state index contributed by atoms with van der Waals surface area (Å²) in [7, 11) is 0. The molecule has 12 heteroatoms. The minimum Gasteiger partial charge on any atom is -0.444 e. The summed E-state index contributed by atoms with van der Waals surface area (Å²) in [6, 6.07) is 5.62. The average molecular weight is 450 g/mol. The second-order valence-corrected chi connectivity index (χ2v) is 8.07. The van der Waals surface area contributed by atoms with Crippen molar-refractivity contribution < 1.29 is 24.2 Å². The number of nitrogens with one attached hydrogen (secondary N) is 1. The molecule has 0 aliphatic rings. The summed E-state index contributed by atoms with van der Waals surface area (Å²) in [5.74, 6) is -1.20. The zero-order valence-corrected chi connectivity index (χ0v) is 18.7. The average Bonchev–Trinajstić information content (AvgIpc) is 2.64. The van der Waals surface area contributed by atoms with Crippen molar-refractivity contribution in [1.29, 1.82) is 0 Å². The molecule has 0 radical (unpaired) electrons. The van der Waals surface area contributed by atoms with E-state index in [9.17, 15) is 24.5 Å². The van der Waals surface area contributed by atoms with Gasteiger partial charge >= 0.3 is 6.09 Å². The van der Waals surface area contributed by atoms with Crippen LogP contribution in [0.1, 0.15) is 56.5 Å². The number of hydrogen-bond donors (Lipinski definition) is 3. The number of benzene rings is 1. The summed E-state index contributed by atoms with van der Waals surface area (Å²) >= 11 is 0. The molecule has 1 aromatic carbocycles. The summed E-state index contributed by atoms with van der Waals surface area (Å²) in [6.07, 6.45) is -0.262. The van der Waals surface area contributed by atoms with Gasteiger partial charge < -0.3 is 21.5 Å². The molecule has 0 bridgehead atoms. The largest absolute Gasteiger partial charge is 0.444 e. The van der Waals surface area contributed by atoms with Crippen LogP contribution in [0.5, 0.6) is 0 Å².